The average Bonchev–Trinajstić information content (AvgIpc) is 2.69. The molecule has 1 amide bonds. The fraction of sp³-hybridized carbons (Fsp3) is 0.400. The minimum Gasteiger partial charge on any atom is -0.502 e. The zero-order chi connectivity index (χ0) is 21.0. The van der Waals surface area contributed by atoms with Crippen LogP contribution in [0.5, 0.6) is 11.5 Å². The van der Waals surface area contributed by atoms with E-state index in [9.17, 15) is 23.5 Å². The standard InChI is InChI=1S/C20H21F2NO6/c1-12-9-16(24)18(26)19(28-12)15(11-17(25)23-5-7-27-8-6-23)13-3-2-4-14(10-13)29-20(21)22/h2-4,9-10,15,20,26H,5-8,11H2,1H3/t15-/m1/s1. The van der Waals surface area contributed by atoms with Gasteiger partial charge in [-0.3, -0.25) is 9.59 Å². The van der Waals surface area contributed by atoms with Crippen molar-refractivity contribution in [3.05, 3.63) is 57.6 Å². The quantitative estimate of drug-likeness (QED) is 0.789. The summed E-state index contributed by atoms with van der Waals surface area (Å²) in [5, 5.41) is 10.3. The molecule has 0 unspecified atom stereocenters. The predicted octanol–water partition coefficient (Wildman–Crippen LogP) is 2.64. The SMILES string of the molecule is Cc1cc(=O)c(O)c([C@H](CC(=O)N2CCOCC2)c2cccc(OC(F)F)c2)o1. The van der Waals surface area contributed by atoms with Crippen molar-refractivity contribution in [2.75, 3.05) is 26.3 Å². The molecule has 29 heavy (non-hydrogen) atoms. The largest absolute Gasteiger partial charge is 0.502 e. The van der Waals surface area contributed by atoms with Crippen LogP contribution in [0.15, 0.2) is 39.5 Å². The second-order valence-corrected chi connectivity index (χ2v) is 6.64. The lowest BCUT2D eigenvalue weighted by atomic mass is 9.91. The smallest absolute Gasteiger partial charge is 0.387 e. The number of morpholine rings is 1. The van der Waals surface area contributed by atoms with Crippen molar-refractivity contribution in [3.63, 3.8) is 0 Å². The van der Waals surface area contributed by atoms with E-state index in [0.29, 0.717) is 31.9 Å². The van der Waals surface area contributed by atoms with E-state index in [1.807, 2.05) is 0 Å². The number of aryl methyl sites for hydroxylation is 1. The van der Waals surface area contributed by atoms with E-state index < -0.39 is 23.7 Å². The number of hydrogen-bond acceptors (Lipinski definition) is 6. The van der Waals surface area contributed by atoms with E-state index in [-0.39, 0.29) is 29.6 Å². The lowest BCUT2D eigenvalue weighted by Crippen LogP contribution is -2.41. The average molecular weight is 409 g/mol. The molecule has 1 aromatic heterocycles. The third kappa shape index (κ3) is 5.11. The summed E-state index contributed by atoms with van der Waals surface area (Å²) >= 11 is 0. The van der Waals surface area contributed by atoms with Gasteiger partial charge in [-0.1, -0.05) is 12.1 Å². The molecule has 1 aliphatic rings. The Morgan fingerprint density at radius 1 is 1.28 bits per heavy atom. The number of halogens is 2. The maximum absolute atomic E-state index is 12.8. The first-order valence-electron chi connectivity index (χ1n) is 9.09. The molecule has 9 heteroatoms. The highest BCUT2D eigenvalue weighted by Gasteiger charge is 2.29. The second kappa shape index (κ2) is 9.04. The van der Waals surface area contributed by atoms with Gasteiger partial charge in [0.25, 0.3) is 0 Å². The van der Waals surface area contributed by atoms with Crippen molar-refractivity contribution in [1.82, 2.24) is 4.90 Å². The Morgan fingerprint density at radius 3 is 2.69 bits per heavy atom. The van der Waals surface area contributed by atoms with Crippen molar-refractivity contribution in [3.8, 4) is 11.5 Å². The molecule has 0 aliphatic carbocycles. The van der Waals surface area contributed by atoms with Crippen LogP contribution in [0.2, 0.25) is 0 Å². The highest BCUT2D eigenvalue weighted by molar-refractivity contribution is 5.78. The van der Waals surface area contributed by atoms with Crippen LogP contribution in [-0.2, 0) is 9.53 Å². The summed E-state index contributed by atoms with van der Waals surface area (Å²) in [5.41, 5.74) is -0.249. The van der Waals surface area contributed by atoms with E-state index in [0.717, 1.165) is 6.07 Å². The van der Waals surface area contributed by atoms with Gasteiger partial charge in [0.1, 0.15) is 11.5 Å². The van der Waals surface area contributed by atoms with E-state index >= 15 is 0 Å². The number of carbonyl (C=O) groups is 1. The Bertz CT molecular complexity index is 923. The van der Waals surface area contributed by atoms with Crippen LogP contribution < -0.4 is 10.2 Å². The Morgan fingerprint density at radius 2 is 2.00 bits per heavy atom. The van der Waals surface area contributed by atoms with Gasteiger partial charge in [-0.2, -0.15) is 8.78 Å². The normalized spacial score (nSPS) is 15.4. The van der Waals surface area contributed by atoms with Gasteiger partial charge in [0.2, 0.25) is 17.1 Å². The summed E-state index contributed by atoms with van der Waals surface area (Å²) in [5.74, 6) is -1.65. The molecule has 3 rings (SSSR count). The van der Waals surface area contributed by atoms with Gasteiger partial charge in [-0.15, -0.1) is 0 Å². The van der Waals surface area contributed by atoms with Crippen molar-refractivity contribution in [1.29, 1.82) is 0 Å². The highest BCUT2D eigenvalue weighted by atomic mass is 19.3. The molecule has 156 valence electrons. The molecule has 1 saturated heterocycles. The lowest BCUT2D eigenvalue weighted by Gasteiger charge is -2.28. The van der Waals surface area contributed by atoms with E-state index in [1.165, 1.54) is 18.2 Å². The maximum atomic E-state index is 12.8. The zero-order valence-electron chi connectivity index (χ0n) is 15.8. The molecule has 7 nitrogen and oxygen atoms in total. The molecule has 0 bridgehead atoms. The van der Waals surface area contributed by atoms with Gasteiger partial charge < -0.3 is 23.9 Å². The summed E-state index contributed by atoms with van der Waals surface area (Å²) < 4.78 is 40.5. The molecule has 0 saturated carbocycles. The fourth-order valence-corrected chi connectivity index (χ4v) is 3.25. The Hall–Kier alpha value is -2.94. The van der Waals surface area contributed by atoms with E-state index in [2.05, 4.69) is 4.74 Å². The number of hydrogen-bond donors (Lipinski definition) is 1. The molecule has 0 radical (unpaired) electrons. The molecule has 1 aliphatic heterocycles. The first kappa shape index (κ1) is 20.8. The van der Waals surface area contributed by atoms with Crippen LogP contribution in [0.3, 0.4) is 0 Å². The summed E-state index contributed by atoms with van der Waals surface area (Å²) in [6.07, 6.45) is -0.127. The molecular formula is C20H21F2NO6. The first-order valence-corrected chi connectivity index (χ1v) is 9.09. The molecule has 1 fully saturated rings. The second-order valence-electron chi connectivity index (χ2n) is 6.64. The molecule has 2 heterocycles. The van der Waals surface area contributed by atoms with Gasteiger partial charge in [0.05, 0.1) is 19.1 Å². The summed E-state index contributed by atoms with van der Waals surface area (Å²) in [6.45, 7) is 0.205. The number of nitrogens with zero attached hydrogens (tertiary/aromatic N) is 1. The topological polar surface area (TPSA) is 89.2 Å². The minimum atomic E-state index is -3.01. The van der Waals surface area contributed by atoms with Crippen LogP contribution in [0.1, 0.15) is 29.4 Å². The summed E-state index contributed by atoms with van der Waals surface area (Å²) in [4.78, 5) is 26.5. The number of rotatable bonds is 6. The Kier molecular flexibility index (Phi) is 6.48. The minimum absolute atomic E-state index is 0.0918. The van der Waals surface area contributed by atoms with Gasteiger partial charge in [0.15, 0.2) is 5.76 Å². The molecule has 1 aromatic carbocycles. The number of benzene rings is 1. The molecule has 1 N–H and O–H groups in total. The van der Waals surface area contributed by atoms with Crippen molar-refractivity contribution in [2.24, 2.45) is 0 Å². The van der Waals surface area contributed by atoms with E-state index in [1.54, 1.807) is 17.9 Å². The Balaban J connectivity index is 2.00. The first-order chi connectivity index (χ1) is 13.8. The van der Waals surface area contributed by atoms with Crippen molar-refractivity contribution < 1.29 is 32.6 Å². The number of amides is 1. The number of ether oxygens (including phenoxy) is 2. The molecule has 1 atom stereocenters. The van der Waals surface area contributed by atoms with Crippen LogP contribution in [0.4, 0.5) is 8.78 Å². The Labute approximate surface area is 165 Å². The van der Waals surface area contributed by atoms with Crippen molar-refractivity contribution in [2.45, 2.75) is 25.9 Å². The maximum Gasteiger partial charge on any atom is 0.387 e. The third-order valence-corrected chi connectivity index (χ3v) is 4.62. The van der Waals surface area contributed by atoms with Crippen LogP contribution in [-0.4, -0.2) is 48.8 Å². The number of aromatic hydroxyl groups is 1. The van der Waals surface area contributed by atoms with Crippen LogP contribution in [0.25, 0.3) is 0 Å². The number of carbonyl (C=O) groups excluding carboxylic acids is 1. The van der Waals surface area contributed by atoms with Gasteiger partial charge >= 0.3 is 6.61 Å². The van der Waals surface area contributed by atoms with E-state index in [4.69, 9.17) is 9.15 Å². The van der Waals surface area contributed by atoms with Crippen molar-refractivity contribution >= 4 is 5.91 Å². The monoisotopic (exact) mass is 409 g/mol. The molecule has 0 spiro atoms. The van der Waals surface area contributed by atoms with Crippen LogP contribution >= 0.6 is 0 Å². The summed E-state index contributed by atoms with van der Waals surface area (Å²) in [7, 11) is 0. The predicted molar refractivity (Wildman–Crippen MR) is 98.3 cm³/mol. The van der Waals surface area contributed by atoms with Gasteiger partial charge in [-0.05, 0) is 24.6 Å². The highest BCUT2D eigenvalue weighted by Crippen LogP contribution is 2.35. The number of alkyl halides is 2. The lowest BCUT2D eigenvalue weighted by molar-refractivity contribution is -0.135. The summed E-state index contributed by atoms with van der Waals surface area (Å²) in [6, 6.07) is 6.91. The van der Waals surface area contributed by atoms with Gasteiger partial charge in [0, 0.05) is 25.6 Å². The zero-order valence-corrected chi connectivity index (χ0v) is 15.8. The van der Waals surface area contributed by atoms with Crippen LogP contribution in [0, 0.1) is 6.92 Å². The van der Waals surface area contributed by atoms with Gasteiger partial charge in [-0.25, -0.2) is 0 Å². The molecule has 2 aromatic rings. The fourth-order valence-electron chi connectivity index (χ4n) is 3.25. The molecular weight excluding hydrogens is 388 g/mol. The third-order valence-electron chi connectivity index (χ3n) is 4.62.